The van der Waals surface area contributed by atoms with Gasteiger partial charge in [-0.25, -0.2) is 0 Å². The number of hydrogen-bond acceptors (Lipinski definition) is 4. The van der Waals surface area contributed by atoms with Gasteiger partial charge in [-0.3, -0.25) is 0 Å². The predicted molar refractivity (Wildman–Crippen MR) is 74.1 cm³/mol. The third kappa shape index (κ3) is 3.68. The van der Waals surface area contributed by atoms with Crippen molar-refractivity contribution >= 4 is 5.84 Å². The van der Waals surface area contributed by atoms with Crippen molar-refractivity contribution in [1.82, 2.24) is 5.32 Å². The Balaban J connectivity index is 1.95. The molecule has 0 radical (unpaired) electrons. The molecule has 1 aliphatic rings. The zero-order chi connectivity index (χ0) is 13.7. The Bertz CT molecular complexity index is 448. The lowest BCUT2D eigenvalue weighted by atomic mass is 9.92. The first-order valence-electron chi connectivity index (χ1n) is 6.69. The van der Waals surface area contributed by atoms with Crippen LogP contribution < -0.4 is 11.1 Å². The van der Waals surface area contributed by atoms with Crippen LogP contribution in [0.2, 0.25) is 0 Å². The summed E-state index contributed by atoms with van der Waals surface area (Å²) in [5, 5.41) is 24.9. The van der Waals surface area contributed by atoms with Crippen LogP contribution in [0.3, 0.4) is 0 Å². The van der Waals surface area contributed by atoms with Gasteiger partial charge in [-0.1, -0.05) is 36.2 Å². The van der Waals surface area contributed by atoms with Crippen LogP contribution in [0.1, 0.15) is 36.8 Å². The molecule has 2 rings (SSSR count). The molecule has 1 aromatic carbocycles. The SMILES string of the molecule is NC(=NO)c1cccc(CNC2CCCCC2O)c1. The number of nitrogens with two attached hydrogens (primary N) is 1. The zero-order valence-corrected chi connectivity index (χ0v) is 10.9. The second-order valence-corrected chi connectivity index (χ2v) is 5.02. The summed E-state index contributed by atoms with van der Waals surface area (Å²) in [4.78, 5) is 0. The van der Waals surface area contributed by atoms with Crippen LogP contribution in [0.5, 0.6) is 0 Å². The van der Waals surface area contributed by atoms with Gasteiger partial charge in [-0.15, -0.1) is 0 Å². The third-order valence-electron chi connectivity index (χ3n) is 3.63. The van der Waals surface area contributed by atoms with E-state index in [0.717, 1.165) is 24.8 Å². The molecule has 19 heavy (non-hydrogen) atoms. The van der Waals surface area contributed by atoms with E-state index in [-0.39, 0.29) is 18.0 Å². The van der Waals surface area contributed by atoms with Crippen LogP contribution in [-0.4, -0.2) is 28.3 Å². The van der Waals surface area contributed by atoms with Crippen molar-refractivity contribution in [3.8, 4) is 0 Å². The molecule has 5 heteroatoms. The predicted octanol–water partition coefficient (Wildman–Crippen LogP) is 1.17. The Morgan fingerprint density at radius 1 is 1.37 bits per heavy atom. The highest BCUT2D eigenvalue weighted by molar-refractivity contribution is 5.97. The van der Waals surface area contributed by atoms with Crippen LogP contribution in [0.4, 0.5) is 0 Å². The fourth-order valence-electron chi connectivity index (χ4n) is 2.50. The highest BCUT2D eigenvalue weighted by Gasteiger charge is 2.22. The van der Waals surface area contributed by atoms with Gasteiger partial charge in [0.2, 0.25) is 0 Å². The molecule has 2 atom stereocenters. The number of nitrogens with zero attached hydrogens (tertiary/aromatic N) is 1. The number of oxime groups is 1. The molecule has 2 unspecified atom stereocenters. The van der Waals surface area contributed by atoms with Crippen molar-refractivity contribution < 1.29 is 10.3 Å². The normalized spacial score (nSPS) is 24.4. The van der Waals surface area contributed by atoms with E-state index in [4.69, 9.17) is 10.9 Å². The van der Waals surface area contributed by atoms with E-state index in [9.17, 15) is 5.11 Å². The van der Waals surface area contributed by atoms with E-state index in [1.54, 1.807) is 6.07 Å². The maximum atomic E-state index is 9.89. The summed E-state index contributed by atoms with van der Waals surface area (Å²) in [6, 6.07) is 7.71. The lowest BCUT2D eigenvalue weighted by molar-refractivity contribution is 0.0902. The van der Waals surface area contributed by atoms with Gasteiger partial charge < -0.3 is 21.4 Å². The van der Waals surface area contributed by atoms with Crippen molar-refractivity contribution in [2.45, 2.75) is 44.4 Å². The topological polar surface area (TPSA) is 90.9 Å². The van der Waals surface area contributed by atoms with E-state index < -0.39 is 0 Å². The largest absolute Gasteiger partial charge is 0.409 e. The minimum Gasteiger partial charge on any atom is -0.409 e. The number of hydrogen-bond donors (Lipinski definition) is 4. The first kappa shape index (κ1) is 13.8. The van der Waals surface area contributed by atoms with E-state index in [1.807, 2.05) is 18.2 Å². The molecule has 0 amide bonds. The Morgan fingerprint density at radius 3 is 2.89 bits per heavy atom. The zero-order valence-electron chi connectivity index (χ0n) is 10.9. The van der Waals surface area contributed by atoms with Gasteiger partial charge in [-0.05, 0) is 24.5 Å². The summed E-state index contributed by atoms with van der Waals surface area (Å²) in [7, 11) is 0. The standard InChI is InChI=1S/C14H21N3O2/c15-14(17-19)11-5-3-4-10(8-11)9-16-12-6-1-2-7-13(12)18/h3-5,8,12-13,16,18-19H,1-2,6-7,9H2,(H2,15,17). The molecule has 0 aromatic heterocycles. The smallest absolute Gasteiger partial charge is 0.170 e. The molecule has 1 fully saturated rings. The summed E-state index contributed by atoms with van der Waals surface area (Å²) in [5.41, 5.74) is 7.32. The van der Waals surface area contributed by atoms with Crippen LogP contribution >= 0.6 is 0 Å². The van der Waals surface area contributed by atoms with Crippen molar-refractivity contribution in [2.24, 2.45) is 10.9 Å². The lowest BCUT2D eigenvalue weighted by Gasteiger charge is -2.28. The number of rotatable bonds is 4. The minimum atomic E-state index is -0.249. The summed E-state index contributed by atoms with van der Waals surface area (Å²) in [6.07, 6.45) is 3.92. The summed E-state index contributed by atoms with van der Waals surface area (Å²) < 4.78 is 0. The molecular weight excluding hydrogens is 242 g/mol. The van der Waals surface area contributed by atoms with Crippen molar-refractivity contribution in [3.63, 3.8) is 0 Å². The van der Waals surface area contributed by atoms with Gasteiger partial charge >= 0.3 is 0 Å². The average Bonchev–Trinajstić information content (AvgIpc) is 2.46. The Kier molecular flexibility index (Phi) is 4.76. The lowest BCUT2D eigenvalue weighted by Crippen LogP contribution is -2.41. The van der Waals surface area contributed by atoms with E-state index in [0.29, 0.717) is 12.1 Å². The Hall–Kier alpha value is -1.59. The van der Waals surface area contributed by atoms with Crippen molar-refractivity contribution in [1.29, 1.82) is 0 Å². The van der Waals surface area contributed by atoms with E-state index in [2.05, 4.69) is 10.5 Å². The highest BCUT2D eigenvalue weighted by atomic mass is 16.4. The fraction of sp³-hybridized carbons (Fsp3) is 0.500. The maximum absolute atomic E-state index is 9.89. The molecule has 5 N–H and O–H groups in total. The second kappa shape index (κ2) is 6.54. The molecule has 0 bridgehead atoms. The molecule has 5 nitrogen and oxygen atoms in total. The van der Waals surface area contributed by atoms with Crippen LogP contribution in [0.25, 0.3) is 0 Å². The minimum absolute atomic E-state index is 0.111. The first-order chi connectivity index (χ1) is 9.20. The number of aliphatic hydroxyl groups excluding tert-OH is 1. The van der Waals surface area contributed by atoms with Gasteiger partial charge in [0.25, 0.3) is 0 Å². The van der Waals surface area contributed by atoms with Crippen LogP contribution in [0.15, 0.2) is 29.4 Å². The Labute approximate surface area is 113 Å². The number of amidine groups is 1. The molecule has 0 spiro atoms. The molecule has 1 saturated carbocycles. The average molecular weight is 263 g/mol. The van der Waals surface area contributed by atoms with Crippen molar-refractivity contribution in [2.75, 3.05) is 0 Å². The summed E-state index contributed by atoms with van der Waals surface area (Å²) >= 11 is 0. The molecule has 1 aromatic rings. The van der Waals surface area contributed by atoms with E-state index in [1.165, 1.54) is 6.42 Å². The van der Waals surface area contributed by atoms with Gasteiger partial charge in [0.05, 0.1) is 6.10 Å². The van der Waals surface area contributed by atoms with Gasteiger partial charge in [0.1, 0.15) is 0 Å². The molecule has 1 aliphatic carbocycles. The van der Waals surface area contributed by atoms with Gasteiger partial charge in [-0.2, -0.15) is 0 Å². The maximum Gasteiger partial charge on any atom is 0.170 e. The van der Waals surface area contributed by atoms with Crippen LogP contribution in [0, 0.1) is 0 Å². The van der Waals surface area contributed by atoms with Crippen LogP contribution in [-0.2, 0) is 6.54 Å². The second-order valence-electron chi connectivity index (χ2n) is 5.02. The number of nitrogens with one attached hydrogen (secondary N) is 1. The number of aliphatic hydroxyl groups is 1. The van der Waals surface area contributed by atoms with Crippen molar-refractivity contribution in [3.05, 3.63) is 35.4 Å². The quantitative estimate of drug-likeness (QED) is 0.284. The summed E-state index contributed by atoms with van der Waals surface area (Å²) in [6.45, 7) is 0.675. The fourth-order valence-corrected chi connectivity index (χ4v) is 2.50. The highest BCUT2D eigenvalue weighted by Crippen LogP contribution is 2.18. The third-order valence-corrected chi connectivity index (χ3v) is 3.63. The van der Waals surface area contributed by atoms with E-state index >= 15 is 0 Å². The first-order valence-corrected chi connectivity index (χ1v) is 6.69. The molecule has 0 aliphatic heterocycles. The monoisotopic (exact) mass is 263 g/mol. The summed E-state index contributed by atoms with van der Waals surface area (Å²) in [5.74, 6) is 0.111. The molecule has 0 saturated heterocycles. The van der Waals surface area contributed by atoms with Gasteiger partial charge in [0, 0.05) is 18.2 Å². The Morgan fingerprint density at radius 2 is 2.16 bits per heavy atom. The van der Waals surface area contributed by atoms with Gasteiger partial charge in [0.15, 0.2) is 5.84 Å². The number of benzene rings is 1. The molecular formula is C14H21N3O2. The molecule has 0 heterocycles. The molecule has 104 valence electrons.